The Morgan fingerprint density at radius 3 is 1.77 bits per heavy atom. The quantitative estimate of drug-likeness (QED) is 0.861. The molecule has 0 atom stereocenters. The number of ether oxygens (including phenoxy) is 2. The predicted molar refractivity (Wildman–Crippen MR) is 81.2 cm³/mol. The molecule has 0 aliphatic rings. The van der Waals surface area contributed by atoms with Gasteiger partial charge < -0.3 is 19.8 Å². The first kappa shape index (κ1) is 18.0. The molecule has 22 heavy (non-hydrogen) atoms. The van der Waals surface area contributed by atoms with Gasteiger partial charge in [-0.3, -0.25) is 0 Å². The van der Waals surface area contributed by atoms with Crippen molar-refractivity contribution in [3.63, 3.8) is 0 Å². The second-order valence-corrected chi connectivity index (χ2v) is 5.87. The van der Waals surface area contributed by atoms with E-state index in [0.29, 0.717) is 0 Å². The third-order valence-corrected chi connectivity index (χ3v) is 3.57. The molecule has 6 nitrogen and oxygen atoms in total. The average Bonchev–Trinajstić information content (AvgIpc) is 2.46. The van der Waals surface area contributed by atoms with Crippen molar-refractivity contribution in [3.05, 3.63) is 48.0 Å². The fourth-order valence-electron chi connectivity index (χ4n) is 1.57. The molecular weight excluding hydrogens is 306 g/mol. The molecule has 2 rings (SSSR count). The minimum Gasteiger partial charge on any atom is -0.744 e. The van der Waals surface area contributed by atoms with Gasteiger partial charge >= 0.3 is 0 Å². The standard InChI is InChI=1S/C8H11NO2.C7H8O3S/c1-10-7-3-6(9)4-8(5-7)11-2;1-6-2-4-7(5-3-6)11(8,9)10/h3-5H,9H2,1-2H3;2-5H,1H3,(H,8,9,10). The second-order valence-electron chi connectivity index (χ2n) is 4.49. The zero-order valence-corrected chi connectivity index (χ0v) is 13.5. The van der Waals surface area contributed by atoms with E-state index >= 15 is 0 Å². The maximum absolute atomic E-state index is 10.4. The van der Waals surface area contributed by atoms with E-state index in [1.54, 1.807) is 26.4 Å². The molecule has 0 spiro atoms. The molecule has 0 saturated heterocycles. The maximum atomic E-state index is 10.4. The zero-order chi connectivity index (χ0) is 16.8. The summed E-state index contributed by atoms with van der Waals surface area (Å²) in [4.78, 5) is -0.178. The maximum Gasteiger partial charge on any atom is 0.135 e. The number of quaternary nitrogens is 1. The van der Waals surface area contributed by atoms with Crippen molar-refractivity contribution in [2.75, 3.05) is 14.2 Å². The third kappa shape index (κ3) is 5.72. The molecule has 0 aromatic heterocycles. The number of methoxy groups -OCH3 is 2. The van der Waals surface area contributed by atoms with E-state index in [2.05, 4.69) is 5.73 Å². The van der Waals surface area contributed by atoms with Gasteiger partial charge in [0.15, 0.2) is 0 Å². The highest BCUT2D eigenvalue weighted by Crippen LogP contribution is 2.22. The third-order valence-electron chi connectivity index (χ3n) is 2.72. The summed E-state index contributed by atoms with van der Waals surface area (Å²) in [6.45, 7) is 1.82. The fraction of sp³-hybridized carbons (Fsp3) is 0.200. The van der Waals surface area contributed by atoms with Gasteiger partial charge in [-0.1, -0.05) is 17.7 Å². The molecule has 0 fully saturated rings. The predicted octanol–water partition coefficient (Wildman–Crippen LogP) is 1.48. The van der Waals surface area contributed by atoms with Crippen LogP contribution in [0.2, 0.25) is 0 Å². The Labute approximate surface area is 130 Å². The molecule has 0 unspecified atom stereocenters. The second kappa shape index (κ2) is 7.79. The summed E-state index contributed by atoms with van der Waals surface area (Å²) in [5.74, 6) is 1.55. The lowest BCUT2D eigenvalue weighted by molar-refractivity contribution is -0.254. The smallest absolute Gasteiger partial charge is 0.135 e. The van der Waals surface area contributed by atoms with Crippen LogP contribution in [0.5, 0.6) is 11.5 Å². The monoisotopic (exact) mass is 325 g/mol. The molecule has 0 radical (unpaired) electrons. The summed E-state index contributed by atoms with van der Waals surface area (Å²) in [6.07, 6.45) is 0. The van der Waals surface area contributed by atoms with E-state index < -0.39 is 10.1 Å². The molecule has 0 bridgehead atoms. The van der Waals surface area contributed by atoms with E-state index in [1.807, 2.05) is 25.1 Å². The number of rotatable bonds is 3. The highest BCUT2D eigenvalue weighted by Gasteiger charge is 1.99. The highest BCUT2D eigenvalue weighted by molar-refractivity contribution is 7.85. The van der Waals surface area contributed by atoms with Gasteiger partial charge in [0, 0.05) is 18.2 Å². The zero-order valence-electron chi connectivity index (χ0n) is 12.7. The Morgan fingerprint density at radius 1 is 0.955 bits per heavy atom. The van der Waals surface area contributed by atoms with Crippen molar-refractivity contribution in [1.29, 1.82) is 0 Å². The van der Waals surface area contributed by atoms with Crippen LogP contribution >= 0.6 is 0 Å². The van der Waals surface area contributed by atoms with E-state index in [1.165, 1.54) is 12.1 Å². The summed E-state index contributed by atoms with van der Waals surface area (Å²) in [6, 6.07) is 11.3. The van der Waals surface area contributed by atoms with E-state index in [0.717, 1.165) is 22.7 Å². The van der Waals surface area contributed by atoms with Gasteiger partial charge in [-0.25, -0.2) is 8.42 Å². The first-order chi connectivity index (χ1) is 10.3. The van der Waals surface area contributed by atoms with E-state index in [-0.39, 0.29) is 4.90 Å². The van der Waals surface area contributed by atoms with Crippen molar-refractivity contribution in [1.82, 2.24) is 0 Å². The van der Waals surface area contributed by atoms with Crippen LogP contribution in [0, 0.1) is 6.92 Å². The van der Waals surface area contributed by atoms with Gasteiger partial charge in [-0.15, -0.1) is 0 Å². The lowest BCUT2D eigenvalue weighted by Gasteiger charge is -2.05. The lowest BCUT2D eigenvalue weighted by atomic mass is 10.2. The van der Waals surface area contributed by atoms with Crippen LogP contribution in [0.3, 0.4) is 0 Å². The molecule has 0 saturated carbocycles. The van der Waals surface area contributed by atoms with Crippen LogP contribution in [0.1, 0.15) is 5.56 Å². The summed E-state index contributed by atoms with van der Waals surface area (Å²) in [7, 11) is -1.03. The highest BCUT2D eigenvalue weighted by atomic mass is 32.2. The SMILES string of the molecule is COc1cc([NH3+])cc(OC)c1.Cc1ccc(S(=O)(=O)[O-])cc1. The van der Waals surface area contributed by atoms with Crippen LogP contribution < -0.4 is 15.2 Å². The Morgan fingerprint density at radius 2 is 1.41 bits per heavy atom. The normalized spacial score (nSPS) is 10.4. The Kier molecular flexibility index (Phi) is 6.36. The molecule has 3 N–H and O–H groups in total. The molecule has 7 heteroatoms. The molecular formula is C15H19NO5S. The van der Waals surface area contributed by atoms with Crippen LogP contribution in [-0.4, -0.2) is 27.2 Å². The molecule has 2 aromatic carbocycles. The van der Waals surface area contributed by atoms with Gasteiger partial charge in [0.25, 0.3) is 0 Å². The summed E-state index contributed by atoms with van der Waals surface area (Å²) in [5, 5.41) is 0. The fourth-order valence-corrected chi connectivity index (χ4v) is 2.04. The molecule has 0 aliphatic carbocycles. The van der Waals surface area contributed by atoms with Gasteiger partial charge in [0.1, 0.15) is 27.3 Å². The van der Waals surface area contributed by atoms with Crippen molar-refractivity contribution in [2.45, 2.75) is 11.8 Å². The summed E-state index contributed by atoms with van der Waals surface area (Å²) in [5.41, 5.74) is 5.60. The van der Waals surface area contributed by atoms with E-state index in [4.69, 9.17) is 9.47 Å². The Balaban J connectivity index is 0.000000220. The van der Waals surface area contributed by atoms with Crippen LogP contribution in [-0.2, 0) is 10.1 Å². The van der Waals surface area contributed by atoms with Crippen molar-refractivity contribution < 1.29 is 28.2 Å². The Hall–Kier alpha value is -2.09. The van der Waals surface area contributed by atoms with Crippen LogP contribution in [0.15, 0.2) is 47.4 Å². The number of benzene rings is 2. The largest absolute Gasteiger partial charge is 0.744 e. The first-order valence-corrected chi connectivity index (χ1v) is 7.74. The van der Waals surface area contributed by atoms with Crippen LogP contribution in [0.25, 0.3) is 0 Å². The number of hydrogen-bond donors (Lipinski definition) is 1. The van der Waals surface area contributed by atoms with Crippen molar-refractivity contribution >= 4 is 15.8 Å². The van der Waals surface area contributed by atoms with Crippen molar-refractivity contribution in [2.24, 2.45) is 0 Å². The number of hydrogen-bond acceptors (Lipinski definition) is 5. The number of aryl methyl sites for hydroxylation is 1. The summed E-state index contributed by atoms with van der Waals surface area (Å²) >= 11 is 0. The first-order valence-electron chi connectivity index (χ1n) is 6.34. The van der Waals surface area contributed by atoms with Gasteiger partial charge in [-0.2, -0.15) is 0 Å². The van der Waals surface area contributed by atoms with Gasteiger partial charge in [0.2, 0.25) is 0 Å². The molecule has 0 heterocycles. The minimum atomic E-state index is -4.27. The topological polar surface area (TPSA) is 103 Å². The molecule has 0 aliphatic heterocycles. The van der Waals surface area contributed by atoms with E-state index in [9.17, 15) is 13.0 Å². The van der Waals surface area contributed by atoms with Gasteiger partial charge in [-0.05, 0) is 19.1 Å². The summed E-state index contributed by atoms with van der Waals surface area (Å²) < 4.78 is 41.2. The molecule has 0 amide bonds. The van der Waals surface area contributed by atoms with Crippen LogP contribution in [0.4, 0.5) is 5.69 Å². The van der Waals surface area contributed by atoms with Gasteiger partial charge in [0.05, 0.1) is 19.1 Å². The van der Waals surface area contributed by atoms with Crippen molar-refractivity contribution in [3.8, 4) is 11.5 Å². The lowest BCUT2D eigenvalue weighted by Crippen LogP contribution is -2.40. The average molecular weight is 325 g/mol. The minimum absolute atomic E-state index is 0.178. The molecule has 120 valence electrons. The molecule has 2 aromatic rings. The Bertz CT molecular complexity index is 689.